The monoisotopic (exact) mass is 501 g/mol. The molecule has 180 valence electrons. The molecular formula is C26H19ClF3NO4. The van der Waals surface area contributed by atoms with Crippen LogP contribution in [0, 0.1) is 0 Å². The Hall–Kier alpha value is -3.49. The van der Waals surface area contributed by atoms with Gasteiger partial charge in [-0.25, -0.2) is 0 Å². The van der Waals surface area contributed by atoms with E-state index in [1.54, 1.807) is 18.2 Å². The number of rotatable bonds is 4. The van der Waals surface area contributed by atoms with Gasteiger partial charge in [-0.2, -0.15) is 13.2 Å². The predicted octanol–water partition coefficient (Wildman–Crippen LogP) is 6.49. The normalized spacial score (nSPS) is 14.0. The van der Waals surface area contributed by atoms with E-state index in [2.05, 4.69) is 0 Å². The summed E-state index contributed by atoms with van der Waals surface area (Å²) in [7, 11) is 1.45. The van der Waals surface area contributed by atoms with Crippen LogP contribution in [0.1, 0.15) is 16.9 Å². The second-order valence-corrected chi connectivity index (χ2v) is 8.60. The molecule has 1 aromatic heterocycles. The van der Waals surface area contributed by atoms with E-state index >= 15 is 0 Å². The first kappa shape index (κ1) is 23.3. The van der Waals surface area contributed by atoms with Gasteiger partial charge in [-0.05, 0) is 47.5 Å². The lowest BCUT2D eigenvalue weighted by Crippen LogP contribution is -2.32. The van der Waals surface area contributed by atoms with E-state index in [0.717, 1.165) is 5.56 Å². The van der Waals surface area contributed by atoms with Crippen molar-refractivity contribution in [3.8, 4) is 22.6 Å². The molecule has 0 bridgehead atoms. The zero-order chi connectivity index (χ0) is 24.7. The number of ether oxygens (including phenoxy) is 2. The highest BCUT2D eigenvalue weighted by molar-refractivity contribution is 6.30. The summed E-state index contributed by atoms with van der Waals surface area (Å²) in [5.41, 5.74) is 0.0150. The van der Waals surface area contributed by atoms with Crippen LogP contribution < -0.4 is 14.9 Å². The van der Waals surface area contributed by atoms with Crippen molar-refractivity contribution in [3.05, 3.63) is 92.8 Å². The van der Waals surface area contributed by atoms with Crippen LogP contribution in [-0.2, 0) is 19.3 Å². The first-order valence-corrected chi connectivity index (χ1v) is 11.1. The first-order valence-electron chi connectivity index (χ1n) is 10.7. The van der Waals surface area contributed by atoms with Gasteiger partial charge in [0.1, 0.15) is 23.8 Å². The van der Waals surface area contributed by atoms with Crippen molar-refractivity contribution in [2.45, 2.75) is 19.3 Å². The van der Waals surface area contributed by atoms with Gasteiger partial charge in [0.25, 0.3) is 0 Å². The average molecular weight is 502 g/mol. The van der Waals surface area contributed by atoms with Crippen LogP contribution in [0.4, 0.5) is 13.2 Å². The fourth-order valence-electron chi connectivity index (χ4n) is 4.18. The van der Waals surface area contributed by atoms with Gasteiger partial charge in [-0.3, -0.25) is 9.69 Å². The van der Waals surface area contributed by atoms with Crippen molar-refractivity contribution in [1.82, 2.24) is 4.90 Å². The second kappa shape index (κ2) is 8.94. The smallest absolute Gasteiger partial charge is 0.450 e. The molecule has 5 rings (SSSR count). The van der Waals surface area contributed by atoms with Crippen LogP contribution in [0.2, 0.25) is 5.02 Å². The van der Waals surface area contributed by atoms with Crippen molar-refractivity contribution in [2.24, 2.45) is 0 Å². The summed E-state index contributed by atoms with van der Waals surface area (Å²) in [6, 6.07) is 16.1. The van der Waals surface area contributed by atoms with E-state index in [9.17, 15) is 18.0 Å². The number of hydrogen-bond donors (Lipinski definition) is 0. The van der Waals surface area contributed by atoms with Gasteiger partial charge < -0.3 is 13.9 Å². The van der Waals surface area contributed by atoms with Gasteiger partial charge in [0.2, 0.25) is 11.2 Å². The van der Waals surface area contributed by atoms with Gasteiger partial charge in [-0.15, -0.1) is 0 Å². The van der Waals surface area contributed by atoms with E-state index in [1.807, 2.05) is 17.0 Å². The highest BCUT2D eigenvalue weighted by Crippen LogP contribution is 2.40. The molecule has 0 radical (unpaired) electrons. The summed E-state index contributed by atoms with van der Waals surface area (Å²) < 4.78 is 58.7. The summed E-state index contributed by atoms with van der Waals surface area (Å²) in [6.45, 7) is 0.964. The molecule has 0 atom stereocenters. The minimum Gasteiger partial charge on any atom is -0.497 e. The van der Waals surface area contributed by atoms with Gasteiger partial charge in [0, 0.05) is 18.1 Å². The third-order valence-corrected chi connectivity index (χ3v) is 6.11. The maximum absolute atomic E-state index is 14.1. The van der Waals surface area contributed by atoms with Crippen LogP contribution in [0.15, 0.2) is 69.9 Å². The van der Waals surface area contributed by atoms with Crippen molar-refractivity contribution >= 4 is 22.6 Å². The molecule has 0 fully saturated rings. The van der Waals surface area contributed by atoms with Crippen LogP contribution >= 0.6 is 11.6 Å². The minimum atomic E-state index is -4.89. The molecule has 1 aliphatic rings. The van der Waals surface area contributed by atoms with Gasteiger partial charge >= 0.3 is 6.18 Å². The van der Waals surface area contributed by atoms with E-state index in [4.69, 9.17) is 25.5 Å². The molecule has 0 amide bonds. The van der Waals surface area contributed by atoms with Crippen molar-refractivity contribution in [3.63, 3.8) is 0 Å². The summed E-state index contributed by atoms with van der Waals surface area (Å²) in [5, 5.41) is 0.661. The fourth-order valence-corrected chi connectivity index (χ4v) is 4.31. The standard InChI is InChI=1S/C26H19ClF3NO4/c1-33-18-8-4-16(5-9-18)22-23(32)19-10-11-21-20(24(19)35-25(22)26(28,29)30)13-31(14-34-21)12-15-2-6-17(27)7-3-15/h2-11H,12-14H2,1H3. The van der Waals surface area contributed by atoms with Gasteiger partial charge in [0.05, 0.1) is 23.6 Å². The number of benzene rings is 3. The topological polar surface area (TPSA) is 51.9 Å². The third-order valence-electron chi connectivity index (χ3n) is 5.86. The second-order valence-electron chi connectivity index (χ2n) is 8.17. The lowest BCUT2D eigenvalue weighted by atomic mass is 9.99. The third kappa shape index (κ3) is 4.47. The average Bonchev–Trinajstić information content (AvgIpc) is 2.85. The van der Waals surface area contributed by atoms with E-state index in [1.165, 1.54) is 37.4 Å². The highest BCUT2D eigenvalue weighted by Gasteiger charge is 2.40. The number of nitrogens with zero attached hydrogens (tertiary/aromatic N) is 1. The minimum absolute atomic E-state index is 0.0551. The lowest BCUT2D eigenvalue weighted by molar-refractivity contribution is -0.152. The number of methoxy groups -OCH3 is 1. The van der Waals surface area contributed by atoms with E-state index < -0.39 is 22.9 Å². The van der Waals surface area contributed by atoms with E-state index in [-0.39, 0.29) is 29.8 Å². The van der Waals surface area contributed by atoms with Crippen molar-refractivity contribution < 1.29 is 27.1 Å². The van der Waals surface area contributed by atoms with Crippen molar-refractivity contribution in [1.29, 1.82) is 0 Å². The molecular weight excluding hydrogens is 483 g/mol. The quantitative estimate of drug-likeness (QED) is 0.320. The van der Waals surface area contributed by atoms with Crippen LogP contribution in [-0.4, -0.2) is 18.7 Å². The number of fused-ring (bicyclic) bond motifs is 3. The molecule has 9 heteroatoms. The summed E-state index contributed by atoms with van der Waals surface area (Å²) >= 11 is 5.95. The number of halogens is 4. The van der Waals surface area contributed by atoms with Crippen LogP contribution in [0.3, 0.4) is 0 Å². The molecule has 0 aliphatic carbocycles. The zero-order valence-electron chi connectivity index (χ0n) is 18.5. The predicted molar refractivity (Wildman–Crippen MR) is 126 cm³/mol. The molecule has 0 saturated carbocycles. The molecule has 35 heavy (non-hydrogen) atoms. The zero-order valence-corrected chi connectivity index (χ0v) is 19.2. The largest absolute Gasteiger partial charge is 0.497 e. The molecule has 3 aromatic carbocycles. The Bertz CT molecular complexity index is 1450. The van der Waals surface area contributed by atoms with Crippen LogP contribution in [0.25, 0.3) is 22.1 Å². The van der Waals surface area contributed by atoms with Crippen LogP contribution in [0.5, 0.6) is 11.5 Å². The molecule has 0 saturated heterocycles. The summed E-state index contributed by atoms with van der Waals surface area (Å²) in [6.07, 6.45) is -4.89. The molecule has 2 heterocycles. The Balaban J connectivity index is 1.62. The number of alkyl halides is 3. The SMILES string of the molecule is COc1ccc(-c2c(C(F)(F)F)oc3c4c(ccc3c2=O)OCN(Cc2ccc(Cl)cc2)C4)cc1. The highest BCUT2D eigenvalue weighted by atomic mass is 35.5. The van der Waals surface area contributed by atoms with Crippen molar-refractivity contribution in [2.75, 3.05) is 13.8 Å². The molecule has 0 unspecified atom stereocenters. The maximum atomic E-state index is 14.1. The molecule has 5 nitrogen and oxygen atoms in total. The molecule has 0 spiro atoms. The summed E-state index contributed by atoms with van der Waals surface area (Å²) in [4.78, 5) is 15.3. The van der Waals surface area contributed by atoms with Gasteiger partial charge in [0.15, 0.2) is 0 Å². The first-order chi connectivity index (χ1) is 16.7. The van der Waals surface area contributed by atoms with Gasteiger partial charge in [-0.1, -0.05) is 35.9 Å². The Morgan fingerprint density at radius 3 is 2.40 bits per heavy atom. The Morgan fingerprint density at radius 2 is 1.74 bits per heavy atom. The Morgan fingerprint density at radius 1 is 1.03 bits per heavy atom. The molecule has 0 N–H and O–H groups in total. The number of hydrogen-bond acceptors (Lipinski definition) is 5. The maximum Gasteiger partial charge on any atom is 0.450 e. The molecule has 1 aliphatic heterocycles. The molecule has 4 aromatic rings. The Kier molecular flexibility index (Phi) is 5.94. The van der Waals surface area contributed by atoms with E-state index in [0.29, 0.717) is 28.6 Å². The Labute approximate surface area is 203 Å². The lowest BCUT2D eigenvalue weighted by Gasteiger charge is -2.29. The fraction of sp³-hybridized carbons (Fsp3) is 0.192. The summed E-state index contributed by atoms with van der Waals surface area (Å²) in [5.74, 6) is -0.499.